The lowest BCUT2D eigenvalue weighted by Crippen LogP contribution is -2.26. The van der Waals surface area contributed by atoms with Crippen molar-refractivity contribution in [3.8, 4) is 5.75 Å². The summed E-state index contributed by atoms with van der Waals surface area (Å²) in [6.07, 6.45) is 0.0554. The van der Waals surface area contributed by atoms with Gasteiger partial charge in [-0.05, 0) is 31.2 Å². The van der Waals surface area contributed by atoms with E-state index in [1.807, 2.05) is 36.4 Å². The van der Waals surface area contributed by atoms with Crippen LogP contribution < -0.4 is 9.64 Å². The smallest absolute Gasteiger partial charge is 0.173 e. The standard InChI is InChI=1S/C14H13NO/c1-11-15(12-7-3-2-4-8-12)13-9-5-6-10-14(13)16-11/h2-11H,1H3. The van der Waals surface area contributed by atoms with Gasteiger partial charge in [-0.25, -0.2) is 0 Å². The summed E-state index contributed by atoms with van der Waals surface area (Å²) >= 11 is 0. The van der Waals surface area contributed by atoms with Gasteiger partial charge in [-0.3, -0.25) is 0 Å². The van der Waals surface area contributed by atoms with Crippen molar-refractivity contribution in [3.63, 3.8) is 0 Å². The summed E-state index contributed by atoms with van der Waals surface area (Å²) < 4.78 is 5.80. The first-order valence-electron chi connectivity index (χ1n) is 5.46. The lowest BCUT2D eigenvalue weighted by Gasteiger charge is -2.22. The third-order valence-corrected chi connectivity index (χ3v) is 2.82. The summed E-state index contributed by atoms with van der Waals surface area (Å²) in [7, 11) is 0. The Balaban J connectivity index is 2.09. The second-order valence-corrected chi connectivity index (χ2v) is 3.89. The molecule has 1 aliphatic rings. The molecule has 0 fully saturated rings. The fourth-order valence-electron chi connectivity index (χ4n) is 2.13. The number of anilines is 2. The number of ether oxygens (including phenoxy) is 1. The molecule has 0 bridgehead atoms. The molecule has 1 atom stereocenters. The third-order valence-electron chi connectivity index (χ3n) is 2.82. The van der Waals surface area contributed by atoms with Crippen LogP contribution in [-0.2, 0) is 0 Å². The van der Waals surface area contributed by atoms with Crippen LogP contribution in [0.3, 0.4) is 0 Å². The number of hydrogen-bond acceptors (Lipinski definition) is 2. The molecule has 1 unspecified atom stereocenters. The predicted octanol–water partition coefficient (Wildman–Crippen LogP) is 3.56. The Hall–Kier alpha value is -1.96. The molecule has 2 heteroatoms. The molecule has 0 amide bonds. The van der Waals surface area contributed by atoms with E-state index < -0.39 is 0 Å². The molecule has 0 radical (unpaired) electrons. The van der Waals surface area contributed by atoms with Crippen molar-refractivity contribution in [2.24, 2.45) is 0 Å². The number of para-hydroxylation sites is 3. The van der Waals surface area contributed by atoms with Crippen LogP contribution >= 0.6 is 0 Å². The molecule has 16 heavy (non-hydrogen) atoms. The summed E-state index contributed by atoms with van der Waals surface area (Å²) in [6.45, 7) is 2.06. The molecular formula is C14H13NO. The normalized spacial score (nSPS) is 18.1. The second kappa shape index (κ2) is 3.56. The minimum Gasteiger partial charge on any atom is -0.468 e. The summed E-state index contributed by atoms with van der Waals surface area (Å²) in [6, 6.07) is 18.4. The first kappa shape index (κ1) is 9.28. The van der Waals surface area contributed by atoms with Gasteiger partial charge < -0.3 is 9.64 Å². The average molecular weight is 211 g/mol. The highest BCUT2D eigenvalue weighted by Gasteiger charge is 2.27. The fourth-order valence-corrected chi connectivity index (χ4v) is 2.13. The molecule has 80 valence electrons. The van der Waals surface area contributed by atoms with Crippen LogP contribution in [0.1, 0.15) is 6.92 Å². The van der Waals surface area contributed by atoms with E-state index >= 15 is 0 Å². The SMILES string of the molecule is CC1Oc2ccccc2N1c1ccccc1. The number of hydrogen-bond donors (Lipinski definition) is 0. The molecule has 2 nitrogen and oxygen atoms in total. The van der Waals surface area contributed by atoms with Crippen molar-refractivity contribution in [1.29, 1.82) is 0 Å². The molecular weight excluding hydrogens is 198 g/mol. The van der Waals surface area contributed by atoms with Crippen LogP contribution in [0.25, 0.3) is 0 Å². The molecule has 3 rings (SSSR count). The highest BCUT2D eigenvalue weighted by atomic mass is 16.5. The van der Waals surface area contributed by atoms with Gasteiger partial charge in [0.25, 0.3) is 0 Å². The first-order valence-corrected chi connectivity index (χ1v) is 5.46. The molecule has 0 spiro atoms. The van der Waals surface area contributed by atoms with Crippen LogP contribution in [-0.4, -0.2) is 6.23 Å². The van der Waals surface area contributed by atoms with E-state index in [-0.39, 0.29) is 6.23 Å². The van der Waals surface area contributed by atoms with Crippen LogP contribution in [0.4, 0.5) is 11.4 Å². The Kier molecular flexibility index (Phi) is 2.07. The predicted molar refractivity (Wildman–Crippen MR) is 65.1 cm³/mol. The van der Waals surface area contributed by atoms with Gasteiger partial charge in [0.2, 0.25) is 0 Å². The number of benzene rings is 2. The Bertz CT molecular complexity index is 495. The zero-order valence-electron chi connectivity index (χ0n) is 9.13. The second-order valence-electron chi connectivity index (χ2n) is 3.89. The Labute approximate surface area is 95.1 Å². The number of nitrogens with zero attached hydrogens (tertiary/aromatic N) is 1. The van der Waals surface area contributed by atoms with Gasteiger partial charge in [0, 0.05) is 5.69 Å². The Morgan fingerprint density at radius 1 is 0.938 bits per heavy atom. The maximum atomic E-state index is 5.80. The molecule has 0 aromatic heterocycles. The summed E-state index contributed by atoms with van der Waals surface area (Å²) in [5.41, 5.74) is 2.31. The number of rotatable bonds is 1. The highest BCUT2D eigenvalue weighted by molar-refractivity contribution is 5.72. The van der Waals surface area contributed by atoms with Gasteiger partial charge in [0.1, 0.15) is 5.75 Å². The zero-order chi connectivity index (χ0) is 11.0. The lowest BCUT2D eigenvalue weighted by molar-refractivity contribution is 0.256. The van der Waals surface area contributed by atoms with Crippen molar-refractivity contribution in [3.05, 3.63) is 54.6 Å². The topological polar surface area (TPSA) is 12.5 Å². The van der Waals surface area contributed by atoms with E-state index in [2.05, 4.69) is 30.0 Å². The van der Waals surface area contributed by atoms with Gasteiger partial charge in [-0.1, -0.05) is 30.3 Å². The molecule has 1 heterocycles. The Morgan fingerprint density at radius 3 is 2.44 bits per heavy atom. The maximum Gasteiger partial charge on any atom is 0.173 e. The molecule has 0 saturated carbocycles. The molecule has 0 N–H and O–H groups in total. The van der Waals surface area contributed by atoms with Crippen LogP contribution in [0.15, 0.2) is 54.6 Å². The van der Waals surface area contributed by atoms with E-state index in [0.717, 1.165) is 11.4 Å². The van der Waals surface area contributed by atoms with Crippen LogP contribution in [0.5, 0.6) is 5.75 Å². The van der Waals surface area contributed by atoms with Gasteiger partial charge in [-0.15, -0.1) is 0 Å². The molecule has 0 aliphatic carbocycles. The first-order chi connectivity index (χ1) is 7.86. The van der Waals surface area contributed by atoms with Crippen molar-refractivity contribution in [2.75, 3.05) is 4.90 Å². The van der Waals surface area contributed by atoms with E-state index in [0.29, 0.717) is 0 Å². The molecule has 1 aliphatic heterocycles. The average Bonchev–Trinajstić information content (AvgIpc) is 2.66. The van der Waals surface area contributed by atoms with Crippen molar-refractivity contribution < 1.29 is 4.74 Å². The summed E-state index contributed by atoms with van der Waals surface area (Å²) in [5, 5.41) is 0. The minimum absolute atomic E-state index is 0.0554. The fraction of sp³-hybridized carbons (Fsp3) is 0.143. The summed E-state index contributed by atoms with van der Waals surface area (Å²) in [5.74, 6) is 0.957. The highest BCUT2D eigenvalue weighted by Crippen LogP contribution is 2.41. The molecule has 0 saturated heterocycles. The molecule has 2 aromatic rings. The summed E-state index contributed by atoms with van der Waals surface area (Å²) in [4.78, 5) is 2.20. The van der Waals surface area contributed by atoms with Gasteiger partial charge in [0.05, 0.1) is 5.69 Å². The molecule has 2 aromatic carbocycles. The van der Waals surface area contributed by atoms with Gasteiger partial charge in [-0.2, -0.15) is 0 Å². The zero-order valence-corrected chi connectivity index (χ0v) is 9.13. The van der Waals surface area contributed by atoms with E-state index in [4.69, 9.17) is 4.74 Å². The minimum atomic E-state index is 0.0554. The lowest BCUT2D eigenvalue weighted by atomic mass is 10.2. The van der Waals surface area contributed by atoms with Crippen molar-refractivity contribution in [2.45, 2.75) is 13.2 Å². The van der Waals surface area contributed by atoms with Crippen molar-refractivity contribution in [1.82, 2.24) is 0 Å². The third kappa shape index (κ3) is 1.34. The van der Waals surface area contributed by atoms with E-state index in [9.17, 15) is 0 Å². The largest absolute Gasteiger partial charge is 0.468 e. The van der Waals surface area contributed by atoms with Crippen molar-refractivity contribution >= 4 is 11.4 Å². The van der Waals surface area contributed by atoms with E-state index in [1.54, 1.807) is 0 Å². The van der Waals surface area contributed by atoms with Crippen LogP contribution in [0.2, 0.25) is 0 Å². The quantitative estimate of drug-likeness (QED) is 0.715. The van der Waals surface area contributed by atoms with Crippen LogP contribution in [0, 0.1) is 0 Å². The maximum absolute atomic E-state index is 5.80. The van der Waals surface area contributed by atoms with Gasteiger partial charge >= 0.3 is 0 Å². The van der Waals surface area contributed by atoms with Gasteiger partial charge in [0.15, 0.2) is 6.23 Å². The monoisotopic (exact) mass is 211 g/mol. The van der Waals surface area contributed by atoms with E-state index in [1.165, 1.54) is 5.69 Å². The Morgan fingerprint density at radius 2 is 1.62 bits per heavy atom. The number of fused-ring (bicyclic) bond motifs is 1.